The van der Waals surface area contributed by atoms with E-state index in [1.807, 2.05) is 41.0 Å². The van der Waals surface area contributed by atoms with Gasteiger partial charge in [0.05, 0.1) is 29.7 Å². The highest BCUT2D eigenvalue weighted by atomic mass is 32.1. The van der Waals surface area contributed by atoms with Gasteiger partial charge in [-0.05, 0) is 24.3 Å². The van der Waals surface area contributed by atoms with Gasteiger partial charge in [0.2, 0.25) is 6.79 Å². The normalized spacial score (nSPS) is 12.5. The predicted molar refractivity (Wildman–Crippen MR) is 94.6 cm³/mol. The van der Waals surface area contributed by atoms with Crippen LogP contribution in [-0.2, 0) is 6.54 Å². The fourth-order valence-electron chi connectivity index (χ4n) is 2.79. The molecule has 2 aromatic carbocycles. The van der Waals surface area contributed by atoms with E-state index in [4.69, 9.17) is 37.1 Å². The highest BCUT2D eigenvalue weighted by molar-refractivity contribution is 7.80. The average Bonchev–Trinajstić information content (AvgIpc) is 3.17. The Kier molecular flexibility index (Phi) is 3.50. The standard InChI is InChI=1S/C17H15N3O3S/c1-21-11-4-2-10(3-5-11)17-19-12-6-14-15(23-9-22-14)7-13(12)20(17)8-16(18)24/h2-7H,8-9H2,1H3,(H2,18,24). The molecule has 0 radical (unpaired) electrons. The molecule has 0 amide bonds. The summed E-state index contributed by atoms with van der Waals surface area (Å²) in [6.45, 7) is 0.620. The molecule has 7 heteroatoms. The van der Waals surface area contributed by atoms with Gasteiger partial charge in [0.15, 0.2) is 11.5 Å². The zero-order valence-corrected chi connectivity index (χ0v) is 13.8. The Morgan fingerprint density at radius 3 is 2.62 bits per heavy atom. The fraction of sp³-hybridized carbons (Fsp3) is 0.176. The van der Waals surface area contributed by atoms with Crippen molar-refractivity contribution in [2.45, 2.75) is 6.54 Å². The summed E-state index contributed by atoms with van der Waals surface area (Å²) in [7, 11) is 1.64. The molecular weight excluding hydrogens is 326 g/mol. The van der Waals surface area contributed by atoms with Gasteiger partial charge in [-0.25, -0.2) is 4.98 Å². The summed E-state index contributed by atoms with van der Waals surface area (Å²) in [5.41, 5.74) is 8.44. The molecule has 3 aromatic rings. The maximum absolute atomic E-state index is 5.79. The van der Waals surface area contributed by atoms with Gasteiger partial charge >= 0.3 is 0 Å². The van der Waals surface area contributed by atoms with Crippen molar-refractivity contribution in [1.29, 1.82) is 0 Å². The molecule has 0 atom stereocenters. The summed E-state index contributed by atoms with van der Waals surface area (Å²) in [4.78, 5) is 5.13. The van der Waals surface area contributed by atoms with Crippen LogP contribution in [-0.4, -0.2) is 28.4 Å². The lowest BCUT2D eigenvalue weighted by atomic mass is 10.2. The van der Waals surface area contributed by atoms with Crippen LogP contribution in [0.3, 0.4) is 0 Å². The van der Waals surface area contributed by atoms with Crippen molar-refractivity contribution < 1.29 is 14.2 Å². The van der Waals surface area contributed by atoms with Gasteiger partial charge < -0.3 is 24.5 Å². The number of nitrogens with zero attached hydrogens (tertiary/aromatic N) is 2. The Hall–Kier alpha value is -2.80. The second kappa shape index (κ2) is 5.68. The highest BCUT2D eigenvalue weighted by Crippen LogP contribution is 2.37. The van der Waals surface area contributed by atoms with Gasteiger partial charge in [0.1, 0.15) is 11.6 Å². The molecule has 1 aliphatic rings. The number of hydrogen-bond acceptors (Lipinski definition) is 5. The Bertz CT molecular complexity index is 934. The molecule has 0 saturated heterocycles. The van der Waals surface area contributed by atoms with Crippen LogP contribution < -0.4 is 19.9 Å². The molecule has 0 fully saturated rings. The van der Waals surface area contributed by atoms with Gasteiger partial charge in [-0.3, -0.25) is 0 Å². The van der Waals surface area contributed by atoms with E-state index in [0.717, 1.165) is 28.2 Å². The summed E-state index contributed by atoms with van der Waals surface area (Å²) in [6.07, 6.45) is 0. The van der Waals surface area contributed by atoms with Crippen molar-refractivity contribution in [2.75, 3.05) is 13.9 Å². The van der Waals surface area contributed by atoms with Crippen LogP contribution in [0.25, 0.3) is 22.4 Å². The Labute approximate surface area is 143 Å². The lowest BCUT2D eigenvalue weighted by Gasteiger charge is -2.09. The molecule has 0 unspecified atom stereocenters. The minimum atomic E-state index is 0.225. The lowest BCUT2D eigenvalue weighted by molar-refractivity contribution is 0.174. The van der Waals surface area contributed by atoms with E-state index in [-0.39, 0.29) is 6.79 Å². The second-order valence-electron chi connectivity index (χ2n) is 5.41. The zero-order chi connectivity index (χ0) is 16.7. The summed E-state index contributed by atoms with van der Waals surface area (Å²) >= 11 is 5.11. The Morgan fingerprint density at radius 1 is 1.25 bits per heavy atom. The van der Waals surface area contributed by atoms with E-state index in [1.54, 1.807) is 7.11 Å². The van der Waals surface area contributed by atoms with Crippen LogP contribution in [0.15, 0.2) is 36.4 Å². The molecule has 1 aromatic heterocycles. The fourth-order valence-corrected chi connectivity index (χ4v) is 2.92. The van der Waals surface area contributed by atoms with E-state index < -0.39 is 0 Å². The number of methoxy groups -OCH3 is 1. The van der Waals surface area contributed by atoms with Gasteiger partial charge in [0, 0.05) is 17.7 Å². The molecule has 1 aliphatic heterocycles. The number of thiocarbonyl (C=S) groups is 1. The number of imidazole rings is 1. The third-order valence-corrected chi connectivity index (χ3v) is 4.03. The Morgan fingerprint density at radius 2 is 1.96 bits per heavy atom. The molecule has 6 nitrogen and oxygen atoms in total. The molecule has 2 N–H and O–H groups in total. The Balaban J connectivity index is 1.91. The number of ether oxygens (including phenoxy) is 3. The molecule has 24 heavy (non-hydrogen) atoms. The van der Waals surface area contributed by atoms with Crippen molar-refractivity contribution in [3.05, 3.63) is 36.4 Å². The third-order valence-electron chi connectivity index (χ3n) is 3.90. The molecule has 122 valence electrons. The third kappa shape index (κ3) is 2.43. The maximum Gasteiger partial charge on any atom is 0.231 e. The van der Waals surface area contributed by atoms with Crippen molar-refractivity contribution in [3.63, 3.8) is 0 Å². The largest absolute Gasteiger partial charge is 0.497 e. The van der Waals surface area contributed by atoms with Crippen molar-refractivity contribution >= 4 is 28.2 Å². The number of hydrogen-bond donors (Lipinski definition) is 1. The first kappa shape index (κ1) is 14.8. The first-order chi connectivity index (χ1) is 11.7. The smallest absolute Gasteiger partial charge is 0.231 e. The average molecular weight is 341 g/mol. The quantitative estimate of drug-likeness (QED) is 0.736. The predicted octanol–water partition coefficient (Wildman–Crippen LogP) is 2.73. The summed E-state index contributed by atoms with van der Waals surface area (Å²) in [5, 5.41) is 0. The van der Waals surface area contributed by atoms with Crippen LogP contribution in [0.5, 0.6) is 17.2 Å². The minimum absolute atomic E-state index is 0.225. The van der Waals surface area contributed by atoms with E-state index >= 15 is 0 Å². The number of nitrogens with two attached hydrogens (primary N) is 1. The maximum atomic E-state index is 5.79. The van der Waals surface area contributed by atoms with E-state index in [1.165, 1.54) is 0 Å². The molecule has 0 spiro atoms. The van der Waals surface area contributed by atoms with Crippen LogP contribution in [0.2, 0.25) is 0 Å². The van der Waals surface area contributed by atoms with Crippen LogP contribution >= 0.6 is 12.2 Å². The summed E-state index contributed by atoms with van der Waals surface area (Å²) in [5.74, 6) is 2.97. The molecular formula is C17H15N3O3S. The monoisotopic (exact) mass is 341 g/mol. The van der Waals surface area contributed by atoms with Crippen molar-refractivity contribution in [3.8, 4) is 28.6 Å². The van der Waals surface area contributed by atoms with E-state index in [9.17, 15) is 0 Å². The molecule has 0 saturated carbocycles. The molecule has 0 aliphatic carbocycles. The van der Waals surface area contributed by atoms with Gasteiger partial charge in [-0.1, -0.05) is 12.2 Å². The molecule has 2 heterocycles. The summed E-state index contributed by atoms with van der Waals surface area (Å²) < 4.78 is 18.1. The number of benzene rings is 2. The summed E-state index contributed by atoms with van der Waals surface area (Å²) in [6, 6.07) is 11.5. The van der Waals surface area contributed by atoms with Gasteiger partial charge in [-0.2, -0.15) is 0 Å². The minimum Gasteiger partial charge on any atom is -0.497 e. The molecule has 4 rings (SSSR count). The number of fused-ring (bicyclic) bond motifs is 2. The van der Waals surface area contributed by atoms with Crippen molar-refractivity contribution in [1.82, 2.24) is 9.55 Å². The second-order valence-corrected chi connectivity index (χ2v) is 5.93. The SMILES string of the molecule is COc1ccc(-c2nc3cc4c(cc3n2CC(N)=S)OCO4)cc1. The molecule has 0 bridgehead atoms. The van der Waals surface area contributed by atoms with E-state index in [2.05, 4.69) is 0 Å². The first-order valence-corrected chi connectivity index (χ1v) is 7.79. The lowest BCUT2D eigenvalue weighted by Crippen LogP contribution is -2.17. The van der Waals surface area contributed by atoms with E-state index in [0.29, 0.717) is 23.0 Å². The highest BCUT2D eigenvalue weighted by Gasteiger charge is 2.20. The van der Waals surface area contributed by atoms with Crippen LogP contribution in [0, 0.1) is 0 Å². The van der Waals surface area contributed by atoms with Crippen molar-refractivity contribution in [2.24, 2.45) is 5.73 Å². The van der Waals surface area contributed by atoms with Gasteiger partial charge in [-0.15, -0.1) is 0 Å². The zero-order valence-electron chi connectivity index (χ0n) is 13.0. The number of aromatic nitrogens is 2. The first-order valence-electron chi connectivity index (χ1n) is 7.38. The topological polar surface area (TPSA) is 71.5 Å². The van der Waals surface area contributed by atoms with Crippen LogP contribution in [0.4, 0.5) is 0 Å². The van der Waals surface area contributed by atoms with Crippen LogP contribution in [0.1, 0.15) is 0 Å². The van der Waals surface area contributed by atoms with Gasteiger partial charge in [0.25, 0.3) is 0 Å². The number of rotatable bonds is 4.